The summed E-state index contributed by atoms with van der Waals surface area (Å²) in [7, 11) is 0. The molecule has 3 aromatic rings. The van der Waals surface area contributed by atoms with E-state index in [1.807, 2.05) is 30.3 Å². The van der Waals surface area contributed by atoms with Crippen LogP contribution in [0.5, 0.6) is 5.75 Å². The van der Waals surface area contributed by atoms with E-state index in [0.717, 1.165) is 5.76 Å². The van der Waals surface area contributed by atoms with Crippen LogP contribution in [0.2, 0.25) is 0 Å². The molecule has 152 valence electrons. The van der Waals surface area contributed by atoms with Crippen LogP contribution in [-0.4, -0.2) is 35.2 Å². The van der Waals surface area contributed by atoms with Crippen molar-refractivity contribution in [3.05, 3.63) is 84.3 Å². The van der Waals surface area contributed by atoms with Crippen molar-refractivity contribution in [1.29, 1.82) is 0 Å². The van der Waals surface area contributed by atoms with E-state index in [2.05, 4.69) is 22.3 Å². The molecule has 0 spiro atoms. The molecule has 6 heteroatoms. The van der Waals surface area contributed by atoms with Crippen molar-refractivity contribution in [3.63, 3.8) is 0 Å². The Bertz CT molecular complexity index is 864. The summed E-state index contributed by atoms with van der Waals surface area (Å²) >= 11 is 0. The van der Waals surface area contributed by atoms with Crippen molar-refractivity contribution in [3.8, 4) is 5.75 Å². The lowest BCUT2D eigenvalue weighted by molar-refractivity contribution is -0.114. The van der Waals surface area contributed by atoms with E-state index in [1.165, 1.54) is 12.5 Å². The Balaban J connectivity index is 1.54. The monoisotopic (exact) mass is 394 g/mol. The molecule has 6 nitrogen and oxygen atoms in total. The number of anilines is 1. The second kappa shape index (κ2) is 10.5. The molecule has 1 heterocycles. The van der Waals surface area contributed by atoms with Gasteiger partial charge in [0.05, 0.1) is 12.8 Å². The smallest absolute Gasteiger partial charge is 0.221 e. The summed E-state index contributed by atoms with van der Waals surface area (Å²) in [5, 5.41) is 13.2. The number of rotatable bonds is 10. The molecule has 2 N–H and O–H groups in total. The van der Waals surface area contributed by atoms with Crippen LogP contribution in [0, 0.1) is 0 Å². The minimum atomic E-state index is -0.663. The first kappa shape index (κ1) is 20.6. The van der Waals surface area contributed by atoms with Crippen LogP contribution in [0.15, 0.2) is 77.4 Å². The zero-order valence-corrected chi connectivity index (χ0v) is 16.5. The quantitative estimate of drug-likeness (QED) is 0.549. The number of ether oxygens (including phenoxy) is 1. The maximum Gasteiger partial charge on any atom is 0.221 e. The van der Waals surface area contributed by atoms with Gasteiger partial charge >= 0.3 is 0 Å². The minimum Gasteiger partial charge on any atom is -0.491 e. The predicted molar refractivity (Wildman–Crippen MR) is 112 cm³/mol. The van der Waals surface area contributed by atoms with E-state index in [4.69, 9.17) is 9.15 Å². The zero-order valence-electron chi connectivity index (χ0n) is 16.5. The standard InChI is InChI=1S/C23H26N2O4/c1-18(26)24-20-9-11-22(12-10-20)29-17-21(27)15-25(16-23-8-5-13-28-23)14-19-6-3-2-4-7-19/h2-13,21,27H,14-17H2,1H3,(H,24,26). The molecule has 0 aliphatic carbocycles. The first-order chi connectivity index (χ1) is 14.1. The molecule has 1 amide bonds. The number of aliphatic hydroxyl groups excluding tert-OH is 1. The van der Waals surface area contributed by atoms with E-state index in [1.54, 1.807) is 30.5 Å². The lowest BCUT2D eigenvalue weighted by atomic mass is 10.2. The lowest BCUT2D eigenvalue weighted by Gasteiger charge is -2.24. The van der Waals surface area contributed by atoms with Crippen LogP contribution >= 0.6 is 0 Å². The maximum absolute atomic E-state index is 11.1. The summed E-state index contributed by atoms with van der Waals surface area (Å²) in [6.45, 7) is 3.38. The third-order valence-electron chi connectivity index (χ3n) is 4.29. The topological polar surface area (TPSA) is 74.9 Å². The van der Waals surface area contributed by atoms with Crippen LogP contribution in [0.25, 0.3) is 0 Å². The lowest BCUT2D eigenvalue weighted by Crippen LogP contribution is -2.35. The Hall–Kier alpha value is -3.09. The molecule has 29 heavy (non-hydrogen) atoms. The number of hydrogen-bond acceptors (Lipinski definition) is 5. The summed E-state index contributed by atoms with van der Waals surface area (Å²) < 4.78 is 11.2. The van der Waals surface area contributed by atoms with Gasteiger partial charge in [0.1, 0.15) is 24.2 Å². The Morgan fingerprint density at radius 3 is 2.48 bits per heavy atom. The summed E-state index contributed by atoms with van der Waals surface area (Å²) in [6.07, 6.45) is 0.990. The van der Waals surface area contributed by atoms with Crippen LogP contribution in [0.4, 0.5) is 5.69 Å². The number of furan rings is 1. The summed E-state index contributed by atoms with van der Waals surface area (Å²) in [5.74, 6) is 1.37. The number of aliphatic hydroxyl groups is 1. The van der Waals surface area contributed by atoms with Gasteiger partial charge in [-0.3, -0.25) is 9.69 Å². The van der Waals surface area contributed by atoms with E-state index >= 15 is 0 Å². The highest BCUT2D eigenvalue weighted by Gasteiger charge is 2.15. The zero-order chi connectivity index (χ0) is 20.5. The number of carbonyl (C=O) groups is 1. The van der Waals surface area contributed by atoms with Crippen molar-refractivity contribution in [2.24, 2.45) is 0 Å². The molecular weight excluding hydrogens is 368 g/mol. The Morgan fingerprint density at radius 2 is 1.83 bits per heavy atom. The van der Waals surface area contributed by atoms with Crippen LogP contribution in [0.3, 0.4) is 0 Å². The van der Waals surface area contributed by atoms with Gasteiger partial charge in [-0.25, -0.2) is 0 Å². The van der Waals surface area contributed by atoms with E-state index in [0.29, 0.717) is 31.1 Å². The van der Waals surface area contributed by atoms with Gasteiger partial charge in [-0.1, -0.05) is 30.3 Å². The fourth-order valence-electron chi connectivity index (χ4n) is 3.03. The predicted octanol–water partition coefficient (Wildman–Crippen LogP) is 3.68. The highest BCUT2D eigenvalue weighted by molar-refractivity contribution is 5.88. The Kier molecular flexibility index (Phi) is 7.44. The average Bonchev–Trinajstić information content (AvgIpc) is 3.21. The number of amides is 1. The third-order valence-corrected chi connectivity index (χ3v) is 4.29. The van der Waals surface area contributed by atoms with E-state index in [-0.39, 0.29) is 12.5 Å². The van der Waals surface area contributed by atoms with Crippen molar-refractivity contribution >= 4 is 11.6 Å². The van der Waals surface area contributed by atoms with Gasteiger partial charge in [-0.15, -0.1) is 0 Å². The molecule has 1 unspecified atom stereocenters. The van der Waals surface area contributed by atoms with Crippen molar-refractivity contribution in [2.45, 2.75) is 26.1 Å². The first-order valence-electron chi connectivity index (χ1n) is 9.55. The van der Waals surface area contributed by atoms with Crippen molar-refractivity contribution in [2.75, 3.05) is 18.5 Å². The van der Waals surface area contributed by atoms with Crippen LogP contribution in [0.1, 0.15) is 18.2 Å². The molecule has 0 saturated heterocycles. The fraction of sp³-hybridized carbons (Fsp3) is 0.261. The van der Waals surface area contributed by atoms with E-state index < -0.39 is 6.10 Å². The Labute approximate surface area is 170 Å². The molecule has 0 radical (unpaired) electrons. The van der Waals surface area contributed by atoms with Gasteiger partial charge in [-0.05, 0) is 42.0 Å². The molecular formula is C23H26N2O4. The molecule has 0 aliphatic rings. The fourth-order valence-corrected chi connectivity index (χ4v) is 3.03. The van der Waals surface area contributed by atoms with Gasteiger partial charge in [-0.2, -0.15) is 0 Å². The van der Waals surface area contributed by atoms with Gasteiger partial charge in [0.25, 0.3) is 0 Å². The Morgan fingerprint density at radius 1 is 1.07 bits per heavy atom. The van der Waals surface area contributed by atoms with Gasteiger partial charge in [0, 0.05) is 25.7 Å². The molecule has 0 saturated carbocycles. The second-order valence-corrected chi connectivity index (χ2v) is 6.90. The molecule has 0 bridgehead atoms. The summed E-state index contributed by atoms with van der Waals surface area (Å²) in [4.78, 5) is 13.2. The first-order valence-corrected chi connectivity index (χ1v) is 9.55. The number of nitrogens with zero attached hydrogens (tertiary/aromatic N) is 1. The maximum atomic E-state index is 11.1. The van der Waals surface area contributed by atoms with Crippen LogP contribution in [-0.2, 0) is 17.9 Å². The second-order valence-electron chi connectivity index (χ2n) is 6.90. The number of hydrogen-bond donors (Lipinski definition) is 2. The normalized spacial score (nSPS) is 12.0. The minimum absolute atomic E-state index is 0.121. The van der Waals surface area contributed by atoms with E-state index in [9.17, 15) is 9.90 Å². The largest absolute Gasteiger partial charge is 0.491 e. The number of benzene rings is 2. The number of nitrogens with one attached hydrogen (secondary N) is 1. The summed E-state index contributed by atoms with van der Waals surface area (Å²) in [6, 6.07) is 21.0. The molecule has 3 rings (SSSR count). The molecule has 2 aromatic carbocycles. The third kappa shape index (κ3) is 7.10. The molecule has 0 fully saturated rings. The number of carbonyl (C=O) groups excluding carboxylic acids is 1. The highest BCUT2D eigenvalue weighted by Crippen LogP contribution is 2.16. The average molecular weight is 394 g/mol. The highest BCUT2D eigenvalue weighted by atomic mass is 16.5. The SMILES string of the molecule is CC(=O)Nc1ccc(OCC(O)CN(Cc2ccccc2)Cc2ccco2)cc1. The van der Waals surface area contributed by atoms with Gasteiger partial charge in [0.15, 0.2) is 0 Å². The molecule has 1 aromatic heterocycles. The van der Waals surface area contributed by atoms with Gasteiger partial charge < -0.3 is 19.6 Å². The van der Waals surface area contributed by atoms with Crippen molar-refractivity contribution < 1.29 is 19.1 Å². The van der Waals surface area contributed by atoms with Crippen LogP contribution < -0.4 is 10.1 Å². The summed E-state index contributed by atoms with van der Waals surface area (Å²) in [5.41, 5.74) is 1.87. The van der Waals surface area contributed by atoms with Crippen molar-refractivity contribution in [1.82, 2.24) is 4.90 Å². The molecule has 0 aliphatic heterocycles. The van der Waals surface area contributed by atoms with Gasteiger partial charge in [0.2, 0.25) is 5.91 Å². The molecule has 1 atom stereocenters.